The van der Waals surface area contributed by atoms with Crippen LogP contribution in [-0.2, 0) is 14.3 Å². The lowest BCUT2D eigenvalue weighted by atomic mass is 10.1. The lowest BCUT2D eigenvalue weighted by molar-refractivity contribution is -0.145. The van der Waals surface area contributed by atoms with E-state index in [0.29, 0.717) is 11.6 Å². The summed E-state index contributed by atoms with van der Waals surface area (Å²) in [6.07, 6.45) is 0.203. The fourth-order valence-corrected chi connectivity index (χ4v) is 2.20. The summed E-state index contributed by atoms with van der Waals surface area (Å²) in [5.41, 5.74) is 1.68. The van der Waals surface area contributed by atoms with Gasteiger partial charge in [-0.25, -0.2) is 0 Å². The summed E-state index contributed by atoms with van der Waals surface area (Å²) in [6.45, 7) is 2.25. The summed E-state index contributed by atoms with van der Waals surface area (Å²) < 4.78 is 4.67. The van der Waals surface area contributed by atoms with Crippen LogP contribution >= 0.6 is 11.6 Å². The average Bonchev–Trinajstić information content (AvgIpc) is 2.74. The van der Waals surface area contributed by atoms with Crippen molar-refractivity contribution in [3.05, 3.63) is 28.8 Å². The Labute approximate surface area is 110 Å². The van der Waals surface area contributed by atoms with E-state index in [1.54, 1.807) is 17.0 Å². The molecule has 1 fully saturated rings. The Kier molecular flexibility index (Phi) is 3.57. The van der Waals surface area contributed by atoms with E-state index in [4.69, 9.17) is 11.6 Å². The zero-order valence-corrected chi connectivity index (χ0v) is 11.0. The van der Waals surface area contributed by atoms with Crippen LogP contribution in [0.15, 0.2) is 18.2 Å². The highest BCUT2D eigenvalue weighted by molar-refractivity contribution is 6.31. The lowest BCUT2D eigenvalue weighted by Gasteiger charge is -2.17. The molecule has 0 saturated carbocycles. The minimum Gasteiger partial charge on any atom is -0.469 e. The average molecular weight is 268 g/mol. The number of amides is 1. The molecule has 0 bridgehead atoms. The van der Waals surface area contributed by atoms with Gasteiger partial charge in [0.1, 0.15) is 0 Å². The maximum atomic E-state index is 11.9. The molecule has 1 saturated heterocycles. The number of hydrogen-bond donors (Lipinski definition) is 0. The second-order valence-electron chi connectivity index (χ2n) is 4.36. The maximum Gasteiger partial charge on any atom is 0.311 e. The van der Waals surface area contributed by atoms with Gasteiger partial charge in [0, 0.05) is 23.7 Å². The Bertz CT molecular complexity index is 501. The quantitative estimate of drug-likeness (QED) is 0.772. The van der Waals surface area contributed by atoms with Gasteiger partial charge >= 0.3 is 5.97 Å². The third kappa shape index (κ3) is 2.34. The second kappa shape index (κ2) is 4.98. The van der Waals surface area contributed by atoms with Crippen LogP contribution in [0.5, 0.6) is 0 Å². The van der Waals surface area contributed by atoms with E-state index in [1.165, 1.54) is 7.11 Å². The molecule has 2 rings (SSSR count). The van der Waals surface area contributed by atoms with Crippen molar-refractivity contribution in [2.75, 3.05) is 18.6 Å². The number of benzene rings is 1. The van der Waals surface area contributed by atoms with Crippen molar-refractivity contribution < 1.29 is 14.3 Å². The predicted octanol–water partition coefficient (Wildman–Crippen LogP) is 2.17. The van der Waals surface area contributed by atoms with E-state index in [9.17, 15) is 9.59 Å². The van der Waals surface area contributed by atoms with Gasteiger partial charge in [-0.05, 0) is 30.7 Å². The van der Waals surface area contributed by atoms with Gasteiger partial charge in [0.25, 0.3) is 0 Å². The van der Waals surface area contributed by atoms with Crippen LogP contribution < -0.4 is 4.90 Å². The zero-order chi connectivity index (χ0) is 13.3. The van der Waals surface area contributed by atoms with Crippen molar-refractivity contribution in [3.63, 3.8) is 0 Å². The Hall–Kier alpha value is -1.55. The Morgan fingerprint density at radius 2 is 2.22 bits per heavy atom. The number of anilines is 1. The fraction of sp³-hybridized carbons (Fsp3) is 0.385. The molecule has 18 heavy (non-hydrogen) atoms. The first kappa shape index (κ1) is 12.9. The van der Waals surface area contributed by atoms with Crippen molar-refractivity contribution in [2.45, 2.75) is 13.3 Å². The van der Waals surface area contributed by atoms with Crippen molar-refractivity contribution in [1.82, 2.24) is 0 Å². The number of halogens is 1. The molecule has 1 unspecified atom stereocenters. The number of ether oxygens (including phenoxy) is 1. The Morgan fingerprint density at radius 3 is 2.83 bits per heavy atom. The van der Waals surface area contributed by atoms with Crippen LogP contribution in [0.3, 0.4) is 0 Å². The highest BCUT2D eigenvalue weighted by Gasteiger charge is 2.35. The number of rotatable bonds is 2. The molecule has 1 aliphatic heterocycles. The van der Waals surface area contributed by atoms with Gasteiger partial charge < -0.3 is 9.64 Å². The van der Waals surface area contributed by atoms with Gasteiger partial charge in [0.15, 0.2) is 0 Å². The minimum absolute atomic E-state index is 0.0628. The summed E-state index contributed by atoms with van der Waals surface area (Å²) in [5, 5.41) is 0.662. The van der Waals surface area contributed by atoms with Crippen molar-refractivity contribution in [3.8, 4) is 0 Å². The van der Waals surface area contributed by atoms with Crippen LogP contribution in [0.4, 0.5) is 5.69 Å². The van der Waals surface area contributed by atoms with Gasteiger partial charge in [-0.1, -0.05) is 11.6 Å². The van der Waals surface area contributed by atoms with Gasteiger partial charge in [-0.2, -0.15) is 0 Å². The molecule has 1 aromatic rings. The van der Waals surface area contributed by atoms with Crippen molar-refractivity contribution in [2.24, 2.45) is 5.92 Å². The van der Waals surface area contributed by atoms with Gasteiger partial charge in [0.05, 0.1) is 13.0 Å². The summed E-state index contributed by atoms with van der Waals surface area (Å²) >= 11 is 5.95. The molecule has 5 heteroatoms. The first-order valence-corrected chi connectivity index (χ1v) is 6.05. The van der Waals surface area contributed by atoms with Crippen LogP contribution in [-0.4, -0.2) is 25.5 Å². The van der Waals surface area contributed by atoms with E-state index in [0.717, 1.165) is 11.3 Å². The van der Waals surface area contributed by atoms with E-state index in [-0.39, 0.29) is 24.2 Å². The number of nitrogens with zero attached hydrogens (tertiary/aromatic N) is 1. The molecular formula is C13H14ClNO3. The number of methoxy groups -OCH3 is 1. The number of carbonyl (C=O) groups excluding carboxylic acids is 2. The first-order valence-electron chi connectivity index (χ1n) is 5.67. The molecule has 0 N–H and O–H groups in total. The molecule has 1 atom stereocenters. The molecule has 1 aromatic carbocycles. The van der Waals surface area contributed by atoms with Crippen LogP contribution in [0.25, 0.3) is 0 Å². The predicted molar refractivity (Wildman–Crippen MR) is 68.7 cm³/mol. The lowest BCUT2D eigenvalue weighted by Crippen LogP contribution is -2.26. The summed E-state index contributed by atoms with van der Waals surface area (Å²) in [7, 11) is 1.34. The molecule has 96 valence electrons. The smallest absolute Gasteiger partial charge is 0.311 e. The molecule has 0 aromatic heterocycles. The fourth-order valence-electron chi connectivity index (χ4n) is 2.08. The highest BCUT2D eigenvalue weighted by atomic mass is 35.5. The largest absolute Gasteiger partial charge is 0.469 e. The monoisotopic (exact) mass is 267 g/mol. The van der Waals surface area contributed by atoms with E-state index < -0.39 is 0 Å². The van der Waals surface area contributed by atoms with E-state index in [2.05, 4.69) is 4.74 Å². The molecular weight excluding hydrogens is 254 g/mol. The molecule has 0 radical (unpaired) electrons. The van der Waals surface area contributed by atoms with Crippen molar-refractivity contribution >= 4 is 29.2 Å². The molecule has 0 spiro atoms. The van der Waals surface area contributed by atoms with Crippen LogP contribution in [0.2, 0.25) is 5.02 Å². The summed E-state index contributed by atoms with van der Waals surface area (Å²) in [5.74, 6) is -0.776. The molecule has 1 heterocycles. The second-order valence-corrected chi connectivity index (χ2v) is 4.77. The third-order valence-corrected chi connectivity index (χ3v) is 3.54. The molecule has 0 aliphatic carbocycles. The van der Waals surface area contributed by atoms with Crippen LogP contribution in [0.1, 0.15) is 12.0 Å². The SMILES string of the molecule is COC(=O)C1CC(=O)N(c2ccc(Cl)c(C)c2)C1. The number of esters is 1. The number of aryl methyl sites for hydroxylation is 1. The minimum atomic E-state index is -0.376. The molecule has 1 amide bonds. The molecule has 1 aliphatic rings. The standard InChI is InChI=1S/C13H14ClNO3/c1-8-5-10(3-4-11(8)14)15-7-9(6-12(15)16)13(17)18-2/h3-5,9H,6-7H2,1-2H3. The zero-order valence-electron chi connectivity index (χ0n) is 10.3. The number of carbonyl (C=O) groups is 2. The van der Waals surface area contributed by atoms with E-state index in [1.807, 2.05) is 13.0 Å². The Balaban J connectivity index is 2.21. The van der Waals surface area contributed by atoms with Gasteiger partial charge in [-0.3, -0.25) is 9.59 Å². The van der Waals surface area contributed by atoms with Crippen LogP contribution in [0, 0.1) is 12.8 Å². The topological polar surface area (TPSA) is 46.6 Å². The summed E-state index contributed by atoms with van der Waals surface area (Å²) in [4.78, 5) is 24.9. The molecule has 4 nitrogen and oxygen atoms in total. The Morgan fingerprint density at radius 1 is 1.50 bits per heavy atom. The van der Waals surface area contributed by atoms with Crippen molar-refractivity contribution in [1.29, 1.82) is 0 Å². The third-order valence-electron chi connectivity index (χ3n) is 3.11. The van der Waals surface area contributed by atoms with Gasteiger partial charge in [-0.15, -0.1) is 0 Å². The number of hydrogen-bond acceptors (Lipinski definition) is 3. The normalized spacial score (nSPS) is 19.2. The van der Waals surface area contributed by atoms with Gasteiger partial charge in [0.2, 0.25) is 5.91 Å². The highest BCUT2D eigenvalue weighted by Crippen LogP contribution is 2.28. The first-order chi connectivity index (χ1) is 8.52. The summed E-state index contributed by atoms with van der Waals surface area (Å²) in [6, 6.07) is 5.39. The maximum absolute atomic E-state index is 11.9. The van der Waals surface area contributed by atoms with E-state index >= 15 is 0 Å².